The molecule has 1 amide bonds. The van der Waals surface area contributed by atoms with E-state index in [1.165, 1.54) is 0 Å². The van der Waals surface area contributed by atoms with Crippen molar-refractivity contribution in [3.05, 3.63) is 52.3 Å². The average Bonchev–Trinajstić information content (AvgIpc) is 2.33. The minimum atomic E-state index is -0.230. The number of benzene rings is 1. The van der Waals surface area contributed by atoms with Crippen molar-refractivity contribution in [2.24, 2.45) is 0 Å². The zero-order chi connectivity index (χ0) is 12.3. The molecule has 0 fully saturated rings. The molecule has 0 aliphatic rings. The van der Waals surface area contributed by atoms with Gasteiger partial charge in [-0.1, -0.05) is 11.6 Å². The molecule has 4 nitrogen and oxygen atoms in total. The van der Waals surface area contributed by atoms with Crippen LogP contribution in [0.4, 0.5) is 5.95 Å². The lowest BCUT2D eigenvalue weighted by Gasteiger charge is -2.06. The SMILES string of the molecule is Cc1ccc(Br)c(C(=O)Nc2ncccn2)c1. The first-order valence-corrected chi connectivity index (χ1v) is 5.80. The summed E-state index contributed by atoms with van der Waals surface area (Å²) in [7, 11) is 0. The second-order valence-electron chi connectivity index (χ2n) is 3.51. The van der Waals surface area contributed by atoms with Gasteiger partial charge >= 0.3 is 0 Å². The second kappa shape index (κ2) is 5.05. The molecule has 1 aromatic heterocycles. The predicted octanol–water partition coefficient (Wildman–Crippen LogP) is 2.80. The molecule has 2 rings (SSSR count). The Kier molecular flexibility index (Phi) is 3.49. The van der Waals surface area contributed by atoms with E-state index in [0.29, 0.717) is 11.5 Å². The standard InChI is InChI=1S/C12H10BrN3O/c1-8-3-4-10(13)9(7-8)11(17)16-12-14-5-2-6-15-12/h2-7H,1H3,(H,14,15,16,17). The maximum atomic E-state index is 12.0. The van der Waals surface area contributed by atoms with Crippen molar-refractivity contribution in [1.82, 2.24) is 9.97 Å². The van der Waals surface area contributed by atoms with Crippen LogP contribution in [-0.2, 0) is 0 Å². The van der Waals surface area contributed by atoms with E-state index < -0.39 is 0 Å². The van der Waals surface area contributed by atoms with Gasteiger partial charge in [0.15, 0.2) is 0 Å². The summed E-state index contributed by atoms with van der Waals surface area (Å²) in [4.78, 5) is 19.8. The molecule has 5 heteroatoms. The van der Waals surface area contributed by atoms with Gasteiger partial charge < -0.3 is 0 Å². The van der Waals surface area contributed by atoms with Crippen LogP contribution in [0, 0.1) is 6.92 Å². The lowest BCUT2D eigenvalue weighted by Crippen LogP contribution is -2.14. The van der Waals surface area contributed by atoms with Crippen LogP contribution in [0.5, 0.6) is 0 Å². The van der Waals surface area contributed by atoms with Gasteiger partial charge in [0.25, 0.3) is 5.91 Å². The van der Waals surface area contributed by atoms with E-state index in [1.807, 2.05) is 25.1 Å². The summed E-state index contributed by atoms with van der Waals surface area (Å²) in [6.07, 6.45) is 3.15. The van der Waals surface area contributed by atoms with Crippen LogP contribution in [0.3, 0.4) is 0 Å². The lowest BCUT2D eigenvalue weighted by atomic mass is 10.1. The number of nitrogens with zero attached hydrogens (tertiary/aromatic N) is 2. The Morgan fingerprint density at radius 3 is 2.71 bits per heavy atom. The first-order chi connectivity index (χ1) is 8.16. The zero-order valence-electron chi connectivity index (χ0n) is 9.14. The van der Waals surface area contributed by atoms with Gasteiger partial charge in [-0.15, -0.1) is 0 Å². The molecule has 0 unspecified atom stereocenters. The van der Waals surface area contributed by atoms with Crippen molar-refractivity contribution in [3.8, 4) is 0 Å². The van der Waals surface area contributed by atoms with E-state index in [0.717, 1.165) is 10.0 Å². The number of carbonyl (C=O) groups is 1. The Labute approximate surface area is 107 Å². The normalized spacial score (nSPS) is 10.0. The van der Waals surface area contributed by atoms with Crippen molar-refractivity contribution in [2.75, 3.05) is 5.32 Å². The molecule has 0 saturated heterocycles. The third-order valence-corrected chi connectivity index (χ3v) is 2.85. The van der Waals surface area contributed by atoms with E-state index in [9.17, 15) is 4.79 Å². The second-order valence-corrected chi connectivity index (χ2v) is 4.36. The molecule has 0 atom stereocenters. The van der Waals surface area contributed by atoms with E-state index >= 15 is 0 Å². The van der Waals surface area contributed by atoms with E-state index in [4.69, 9.17) is 0 Å². The van der Waals surface area contributed by atoms with Crippen molar-refractivity contribution in [2.45, 2.75) is 6.92 Å². The Bertz CT molecular complexity index is 543. The number of halogens is 1. The Hall–Kier alpha value is -1.75. The summed E-state index contributed by atoms with van der Waals surface area (Å²) in [6.45, 7) is 1.93. The number of anilines is 1. The quantitative estimate of drug-likeness (QED) is 0.926. The third kappa shape index (κ3) is 2.88. The minimum absolute atomic E-state index is 0.230. The van der Waals surface area contributed by atoms with Gasteiger partial charge in [-0.25, -0.2) is 9.97 Å². The monoisotopic (exact) mass is 291 g/mol. The summed E-state index contributed by atoms with van der Waals surface area (Å²) in [6, 6.07) is 7.27. The topological polar surface area (TPSA) is 54.9 Å². The van der Waals surface area contributed by atoms with E-state index in [2.05, 4.69) is 31.2 Å². The Balaban J connectivity index is 2.23. The molecule has 1 N–H and O–H groups in total. The molecule has 0 bridgehead atoms. The predicted molar refractivity (Wildman–Crippen MR) is 68.9 cm³/mol. The molecule has 2 aromatic rings. The fourth-order valence-electron chi connectivity index (χ4n) is 1.35. The fraction of sp³-hybridized carbons (Fsp3) is 0.0833. The number of hydrogen-bond donors (Lipinski definition) is 1. The summed E-state index contributed by atoms with van der Waals surface area (Å²) in [5.41, 5.74) is 1.59. The summed E-state index contributed by atoms with van der Waals surface area (Å²) in [5, 5.41) is 2.64. The molecule has 1 heterocycles. The van der Waals surface area contributed by atoms with Gasteiger partial charge in [-0.3, -0.25) is 10.1 Å². The van der Waals surface area contributed by atoms with Gasteiger partial charge in [0.1, 0.15) is 0 Å². The maximum absolute atomic E-state index is 12.0. The van der Waals surface area contributed by atoms with Crippen LogP contribution in [0.15, 0.2) is 41.1 Å². The highest BCUT2D eigenvalue weighted by Gasteiger charge is 2.11. The van der Waals surface area contributed by atoms with Crippen LogP contribution in [0.25, 0.3) is 0 Å². The van der Waals surface area contributed by atoms with Crippen molar-refractivity contribution in [1.29, 1.82) is 0 Å². The first-order valence-electron chi connectivity index (χ1n) is 5.01. The smallest absolute Gasteiger partial charge is 0.259 e. The number of aromatic nitrogens is 2. The molecule has 86 valence electrons. The van der Waals surface area contributed by atoms with E-state index in [1.54, 1.807) is 18.5 Å². The number of nitrogens with one attached hydrogen (secondary N) is 1. The molecule has 0 spiro atoms. The fourth-order valence-corrected chi connectivity index (χ4v) is 1.77. The molecule has 1 aromatic carbocycles. The van der Waals surface area contributed by atoms with Crippen molar-refractivity contribution in [3.63, 3.8) is 0 Å². The van der Waals surface area contributed by atoms with Gasteiger partial charge in [0.05, 0.1) is 5.56 Å². The van der Waals surface area contributed by atoms with Gasteiger partial charge in [0, 0.05) is 16.9 Å². The molecular formula is C12H10BrN3O. The molecular weight excluding hydrogens is 282 g/mol. The van der Waals surface area contributed by atoms with Crippen LogP contribution in [0.2, 0.25) is 0 Å². The zero-order valence-corrected chi connectivity index (χ0v) is 10.7. The van der Waals surface area contributed by atoms with Crippen LogP contribution >= 0.6 is 15.9 Å². The van der Waals surface area contributed by atoms with Crippen LogP contribution in [0.1, 0.15) is 15.9 Å². The molecule has 0 saturated carbocycles. The highest BCUT2D eigenvalue weighted by molar-refractivity contribution is 9.10. The summed E-state index contributed by atoms with van der Waals surface area (Å²) in [5.74, 6) is 0.0673. The molecule has 17 heavy (non-hydrogen) atoms. The van der Waals surface area contributed by atoms with Crippen molar-refractivity contribution >= 4 is 27.8 Å². The average molecular weight is 292 g/mol. The lowest BCUT2D eigenvalue weighted by molar-refractivity contribution is 0.102. The van der Waals surface area contributed by atoms with Gasteiger partial charge in [-0.2, -0.15) is 0 Å². The number of amides is 1. The maximum Gasteiger partial charge on any atom is 0.259 e. The highest BCUT2D eigenvalue weighted by atomic mass is 79.9. The van der Waals surface area contributed by atoms with E-state index in [-0.39, 0.29) is 5.91 Å². The molecule has 0 aliphatic heterocycles. The van der Waals surface area contributed by atoms with Gasteiger partial charge in [0.2, 0.25) is 5.95 Å². The number of rotatable bonds is 2. The number of hydrogen-bond acceptors (Lipinski definition) is 3. The molecule has 0 aliphatic carbocycles. The summed E-state index contributed by atoms with van der Waals surface area (Å²) < 4.78 is 0.747. The third-order valence-electron chi connectivity index (χ3n) is 2.16. The molecule has 0 radical (unpaired) electrons. The first kappa shape index (κ1) is 11.7. The van der Waals surface area contributed by atoms with Gasteiger partial charge in [-0.05, 0) is 41.1 Å². The number of carbonyl (C=O) groups excluding carboxylic acids is 1. The number of aryl methyl sites for hydroxylation is 1. The highest BCUT2D eigenvalue weighted by Crippen LogP contribution is 2.18. The largest absolute Gasteiger partial charge is 0.290 e. The van der Waals surface area contributed by atoms with Crippen LogP contribution < -0.4 is 5.32 Å². The van der Waals surface area contributed by atoms with Crippen LogP contribution in [-0.4, -0.2) is 15.9 Å². The van der Waals surface area contributed by atoms with Crippen molar-refractivity contribution < 1.29 is 4.79 Å². The Morgan fingerprint density at radius 1 is 1.29 bits per heavy atom. The minimum Gasteiger partial charge on any atom is -0.290 e. The Morgan fingerprint density at radius 2 is 2.00 bits per heavy atom. The summed E-state index contributed by atoms with van der Waals surface area (Å²) >= 11 is 3.34.